The van der Waals surface area contributed by atoms with E-state index in [-0.39, 0.29) is 25.9 Å². The predicted octanol–water partition coefficient (Wildman–Crippen LogP) is 11.3. The molecule has 1 aliphatic rings. The summed E-state index contributed by atoms with van der Waals surface area (Å²) in [4.78, 5) is 16.4. The molecule has 3 heterocycles. The Kier molecular flexibility index (Phi) is 12.9. The topological polar surface area (TPSA) is 120 Å². The van der Waals surface area contributed by atoms with Crippen LogP contribution in [0, 0.1) is 12.1 Å². The van der Waals surface area contributed by atoms with E-state index >= 15 is 0 Å². The summed E-state index contributed by atoms with van der Waals surface area (Å²) in [5.41, 5.74) is 6.66. The van der Waals surface area contributed by atoms with Crippen molar-refractivity contribution in [1.82, 2.24) is 30.0 Å². The Balaban J connectivity index is 0.000000129. The summed E-state index contributed by atoms with van der Waals surface area (Å²) in [6.45, 7) is 0. The van der Waals surface area contributed by atoms with E-state index in [1.165, 1.54) is 11.8 Å². The molecule has 0 N–H and O–H groups in total. The molecular formula is C50H36IrN7O4S. The molecule has 63 heavy (non-hydrogen) atoms. The number of hydrogen-bond acceptors (Lipinski definition) is 9. The minimum Gasteiger partial charge on any atom is -0.651 e. The fourth-order valence-electron chi connectivity index (χ4n) is 6.89. The SMILES string of the molecule is COc1c[c-]c(-n2nc3ccccc3n2)c2ccccc12.COc1c[c-]c(-n2nc3ccccc3n2)c2ccccc12.COc1ccc2c(c1)S/C(=C/C(=O)c1ccccc1)[N-]2.[Ir+3]. The summed E-state index contributed by atoms with van der Waals surface area (Å²) >= 11 is 1.48. The molecule has 0 fully saturated rings. The minimum absolute atomic E-state index is 0. The number of hydrogen-bond donors (Lipinski definition) is 0. The average molecular weight is 1020 g/mol. The number of rotatable bonds is 7. The van der Waals surface area contributed by atoms with Gasteiger partial charge in [0.05, 0.1) is 21.3 Å². The molecule has 13 heteroatoms. The van der Waals surface area contributed by atoms with Crippen LogP contribution in [0.15, 0.2) is 174 Å². The van der Waals surface area contributed by atoms with Crippen molar-refractivity contribution in [3.05, 3.63) is 192 Å². The van der Waals surface area contributed by atoms with Crippen LogP contribution in [0.1, 0.15) is 10.4 Å². The van der Waals surface area contributed by atoms with Crippen LogP contribution in [-0.4, -0.2) is 57.1 Å². The summed E-state index contributed by atoms with van der Waals surface area (Å²) in [5, 5.41) is 27.3. The van der Waals surface area contributed by atoms with Crippen LogP contribution in [0.25, 0.3) is 60.3 Å². The summed E-state index contributed by atoms with van der Waals surface area (Å²) < 4.78 is 16.0. The monoisotopic (exact) mass is 1020 g/mol. The summed E-state index contributed by atoms with van der Waals surface area (Å²) in [7, 11) is 4.96. The number of allylic oxidation sites excluding steroid dienone is 1. The van der Waals surface area contributed by atoms with Crippen molar-refractivity contribution in [1.29, 1.82) is 0 Å². The van der Waals surface area contributed by atoms with Crippen LogP contribution < -0.4 is 14.2 Å². The fraction of sp³-hybridized carbons (Fsp3) is 0.0600. The maximum absolute atomic E-state index is 12.1. The Morgan fingerprint density at radius 2 is 1.02 bits per heavy atom. The van der Waals surface area contributed by atoms with Crippen LogP contribution in [0.5, 0.6) is 17.2 Å². The van der Waals surface area contributed by atoms with E-state index in [0.29, 0.717) is 10.6 Å². The Labute approximate surface area is 380 Å². The number of benzene rings is 8. The first-order valence-corrected chi connectivity index (χ1v) is 20.3. The number of nitrogens with zero attached hydrogens (tertiary/aromatic N) is 7. The van der Waals surface area contributed by atoms with Gasteiger partial charge in [0.1, 0.15) is 27.8 Å². The third kappa shape index (κ3) is 9.03. The number of ketones is 1. The van der Waals surface area contributed by atoms with Crippen molar-refractivity contribution in [2.75, 3.05) is 21.3 Å². The molecule has 8 aromatic carbocycles. The summed E-state index contributed by atoms with van der Waals surface area (Å²) in [6.07, 6.45) is 1.58. The van der Waals surface area contributed by atoms with E-state index < -0.39 is 0 Å². The Morgan fingerprint density at radius 3 is 1.48 bits per heavy atom. The molecule has 0 amide bonds. The van der Waals surface area contributed by atoms with Gasteiger partial charge >= 0.3 is 20.1 Å². The normalized spacial score (nSPS) is 12.1. The minimum atomic E-state index is -0.0309. The Morgan fingerprint density at radius 1 is 0.571 bits per heavy atom. The molecule has 0 radical (unpaired) electrons. The third-order valence-corrected chi connectivity index (χ3v) is 10.9. The molecule has 0 unspecified atom stereocenters. The Bertz CT molecular complexity index is 3040. The van der Waals surface area contributed by atoms with Crippen molar-refractivity contribution >= 4 is 66.8 Å². The molecule has 0 aliphatic carbocycles. The van der Waals surface area contributed by atoms with Crippen molar-refractivity contribution in [2.45, 2.75) is 4.90 Å². The van der Waals surface area contributed by atoms with Gasteiger partial charge in [-0.25, -0.2) is 0 Å². The van der Waals surface area contributed by atoms with Gasteiger partial charge in [-0.3, -0.25) is 4.79 Å². The molecule has 0 atom stereocenters. The van der Waals surface area contributed by atoms with Gasteiger partial charge in [-0.05, 0) is 58.7 Å². The van der Waals surface area contributed by atoms with Gasteiger partial charge in [0.2, 0.25) is 0 Å². The second-order valence-corrected chi connectivity index (χ2v) is 14.8. The van der Waals surface area contributed by atoms with Gasteiger partial charge in [0.25, 0.3) is 0 Å². The molecule has 10 aromatic rings. The van der Waals surface area contributed by atoms with E-state index in [2.05, 4.69) is 37.8 Å². The number of fused-ring (bicyclic) bond motifs is 5. The first-order chi connectivity index (χ1) is 30.5. The predicted molar refractivity (Wildman–Crippen MR) is 244 cm³/mol. The van der Waals surface area contributed by atoms with E-state index in [4.69, 9.17) is 14.2 Å². The third-order valence-electron chi connectivity index (χ3n) is 9.91. The molecule has 0 saturated heterocycles. The smallest absolute Gasteiger partial charge is 0.651 e. The van der Waals surface area contributed by atoms with Crippen LogP contribution in [0.2, 0.25) is 0 Å². The number of aromatic nitrogens is 6. The van der Waals surface area contributed by atoms with E-state index in [0.717, 1.165) is 82.8 Å². The second kappa shape index (κ2) is 19.2. The van der Waals surface area contributed by atoms with Crippen molar-refractivity contribution < 1.29 is 39.1 Å². The average Bonchev–Trinajstić information content (AvgIpc) is 4.08. The molecular weight excluding hydrogens is 987 g/mol. The van der Waals surface area contributed by atoms with Crippen molar-refractivity contribution in [3.8, 4) is 28.6 Å². The fourth-order valence-corrected chi connectivity index (χ4v) is 7.81. The van der Waals surface area contributed by atoms with Gasteiger partial charge in [-0.2, -0.15) is 42.1 Å². The largest absolute Gasteiger partial charge is 3.00 e. The number of ether oxygens (including phenoxy) is 3. The van der Waals surface area contributed by atoms with Gasteiger partial charge in [-0.15, -0.1) is 41.7 Å². The molecule has 0 bridgehead atoms. The van der Waals surface area contributed by atoms with Crippen LogP contribution in [0.3, 0.4) is 0 Å². The molecule has 0 saturated carbocycles. The van der Waals surface area contributed by atoms with E-state index in [1.807, 2.05) is 146 Å². The van der Waals surface area contributed by atoms with Crippen LogP contribution in [0.4, 0.5) is 5.69 Å². The first kappa shape index (κ1) is 42.4. The first-order valence-electron chi connectivity index (χ1n) is 19.5. The number of carbonyl (C=O) groups excluding carboxylic acids is 1. The Hall–Kier alpha value is -7.31. The number of thioether (sulfide) groups is 1. The number of carbonyl (C=O) groups is 1. The maximum atomic E-state index is 12.1. The zero-order valence-electron chi connectivity index (χ0n) is 34.1. The van der Waals surface area contributed by atoms with Crippen LogP contribution in [-0.2, 0) is 20.1 Å². The van der Waals surface area contributed by atoms with Gasteiger partial charge in [-0.1, -0.05) is 124 Å². The molecule has 11 nitrogen and oxygen atoms in total. The van der Waals surface area contributed by atoms with E-state index in [9.17, 15) is 4.79 Å². The van der Waals surface area contributed by atoms with Gasteiger partial charge < -0.3 is 19.5 Å². The molecule has 11 rings (SSSR count). The van der Waals surface area contributed by atoms with Gasteiger partial charge in [0.15, 0.2) is 5.78 Å². The van der Waals surface area contributed by atoms with Crippen molar-refractivity contribution in [2.24, 2.45) is 0 Å². The van der Waals surface area contributed by atoms with Gasteiger partial charge in [0, 0.05) is 17.1 Å². The number of methoxy groups -OCH3 is 3. The zero-order chi connectivity index (χ0) is 42.4. The van der Waals surface area contributed by atoms with Crippen LogP contribution >= 0.6 is 11.8 Å². The summed E-state index contributed by atoms with van der Waals surface area (Å²) in [6, 6.07) is 56.6. The second-order valence-electron chi connectivity index (χ2n) is 13.7. The zero-order valence-corrected chi connectivity index (χ0v) is 37.3. The maximum Gasteiger partial charge on any atom is 3.00 e. The molecule has 310 valence electrons. The molecule has 0 spiro atoms. The molecule has 1 aliphatic heterocycles. The standard InChI is InChI=1S/2C17H12N3O.C16H13NO2S.Ir/c2*1-21-17-11-10-16(12-6-2-3-7-13(12)17)20-18-14-8-4-5-9-15(14)19-20;1-19-12-7-8-13-15(9-12)20-16(17-13)10-14(18)11-5-3-2-4-6-11;/h2*2-9,11H,1H3;2-10H,1H3,(H,17,18);/q2*-1;;+3/p-1. The van der Waals surface area contributed by atoms with Crippen molar-refractivity contribution in [3.63, 3.8) is 0 Å². The summed E-state index contributed by atoms with van der Waals surface area (Å²) in [5.74, 6) is 2.36. The quantitative estimate of drug-likeness (QED) is 0.0873. The molecule has 2 aromatic heterocycles. The van der Waals surface area contributed by atoms with E-state index in [1.54, 1.807) is 49.1 Å².